The van der Waals surface area contributed by atoms with E-state index in [4.69, 9.17) is 5.26 Å². The molecule has 1 saturated heterocycles. The molecule has 7 nitrogen and oxygen atoms in total. The molecule has 29 heavy (non-hydrogen) atoms. The molecule has 2 heterocycles. The van der Waals surface area contributed by atoms with E-state index in [1.165, 1.54) is 0 Å². The fourth-order valence-electron chi connectivity index (χ4n) is 3.80. The topological polar surface area (TPSA) is 112 Å². The number of fused-ring (bicyclic) bond motifs is 1. The minimum absolute atomic E-state index is 0.145. The molecule has 1 fully saturated rings. The molecule has 148 valence electrons. The monoisotopic (exact) mass is 408 g/mol. The number of hydrogen-bond acceptors (Lipinski definition) is 6. The summed E-state index contributed by atoms with van der Waals surface area (Å²) in [5.74, 6) is 0.260. The van der Waals surface area contributed by atoms with E-state index in [1.54, 1.807) is 21.9 Å². The Bertz CT molecular complexity index is 1040. The minimum atomic E-state index is -2.57. The number of nitrogens with zero attached hydrogens (tertiary/aromatic N) is 4. The van der Waals surface area contributed by atoms with Crippen LogP contribution in [0.3, 0.4) is 0 Å². The van der Waals surface area contributed by atoms with Gasteiger partial charge in [-0.1, -0.05) is 12.1 Å². The number of carbonyl (C=O) groups is 1. The number of rotatable bonds is 2. The van der Waals surface area contributed by atoms with Gasteiger partial charge in [0.15, 0.2) is 6.19 Å². The second-order valence-electron chi connectivity index (χ2n) is 7.31. The molecule has 0 saturated carbocycles. The lowest BCUT2D eigenvalue weighted by atomic mass is 9.93. The minimum Gasteiger partial charge on any atom is -0.336 e. The Kier molecular flexibility index (Phi) is 4.93. The van der Waals surface area contributed by atoms with Gasteiger partial charge in [0.25, 0.3) is 5.91 Å². The van der Waals surface area contributed by atoms with Crippen LogP contribution >= 0.6 is 10.6 Å². The summed E-state index contributed by atoms with van der Waals surface area (Å²) >= 11 is 0. The van der Waals surface area contributed by atoms with Crippen LogP contribution in [0.1, 0.15) is 27.0 Å². The summed E-state index contributed by atoms with van der Waals surface area (Å²) in [6.45, 7) is 1.57. The Hall–Kier alpha value is -3.04. The van der Waals surface area contributed by atoms with E-state index in [-0.39, 0.29) is 17.4 Å². The SMILES string of the molecule is N#Cc1ccc(-c2cc(C(=O)N3CCS(O)(O)CC3)cc3c2CN(C#N)C3)cc1. The molecule has 0 radical (unpaired) electrons. The van der Waals surface area contributed by atoms with Gasteiger partial charge in [-0.25, -0.2) is 0 Å². The Morgan fingerprint density at radius 1 is 1.03 bits per heavy atom. The molecule has 2 aliphatic heterocycles. The Labute approximate surface area is 170 Å². The van der Waals surface area contributed by atoms with Crippen molar-refractivity contribution >= 4 is 16.5 Å². The van der Waals surface area contributed by atoms with Gasteiger partial charge < -0.3 is 9.80 Å². The van der Waals surface area contributed by atoms with Gasteiger partial charge in [-0.15, -0.1) is 0 Å². The number of amides is 1. The average molecular weight is 408 g/mol. The summed E-state index contributed by atoms with van der Waals surface area (Å²) in [6, 6.07) is 13.0. The molecule has 2 N–H and O–H groups in total. The lowest BCUT2D eigenvalue weighted by Gasteiger charge is -2.41. The average Bonchev–Trinajstić information content (AvgIpc) is 3.16. The van der Waals surface area contributed by atoms with Gasteiger partial charge in [-0.2, -0.15) is 21.1 Å². The highest BCUT2D eigenvalue weighted by molar-refractivity contribution is 8.24. The highest BCUT2D eigenvalue weighted by Crippen LogP contribution is 2.41. The van der Waals surface area contributed by atoms with Crippen LogP contribution in [-0.2, 0) is 13.1 Å². The van der Waals surface area contributed by atoms with Crippen molar-refractivity contribution in [2.75, 3.05) is 24.6 Å². The van der Waals surface area contributed by atoms with Crippen molar-refractivity contribution in [3.05, 3.63) is 58.7 Å². The molecule has 2 aromatic rings. The van der Waals surface area contributed by atoms with Gasteiger partial charge in [-0.05, 0) is 46.5 Å². The number of carbonyl (C=O) groups excluding carboxylic acids is 1. The molecule has 8 heteroatoms. The Morgan fingerprint density at radius 3 is 2.34 bits per heavy atom. The number of benzene rings is 2. The molecular weight excluding hydrogens is 388 g/mol. The zero-order valence-electron chi connectivity index (χ0n) is 15.7. The Balaban J connectivity index is 1.72. The van der Waals surface area contributed by atoms with Gasteiger partial charge in [-0.3, -0.25) is 13.9 Å². The van der Waals surface area contributed by atoms with Crippen molar-refractivity contribution in [3.63, 3.8) is 0 Å². The summed E-state index contributed by atoms with van der Waals surface area (Å²) < 4.78 is 19.6. The summed E-state index contributed by atoms with van der Waals surface area (Å²) in [7, 11) is -2.57. The standard InChI is InChI=1S/C21H20N4O3S/c22-11-15-1-3-16(4-2-15)19-10-17(9-18-12-24(14-23)13-20(18)19)21(26)25-5-7-29(27,28)8-6-25/h1-4,9-10,27-28H,5-8,12-13H2. The van der Waals surface area contributed by atoms with Crippen LogP contribution in [0.4, 0.5) is 0 Å². The second kappa shape index (κ2) is 7.41. The van der Waals surface area contributed by atoms with Crippen LogP contribution in [0.25, 0.3) is 11.1 Å². The maximum atomic E-state index is 13.1. The predicted molar refractivity (Wildman–Crippen MR) is 110 cm³/mol. The zero-order valence-corrected chi connectivity index (χ0v) is 16.5. The summed E-state index contributed by atoms with van der Waals surface area (Å²) in [5.41, 5.74) is 4.82. The van der Waals surface area contributed by atoms with E-state index in [1.807, 2.05) is 24.3 Å². The molecule has 0 aromatic heterocycles. The first-order valence-electron chi connectivity index (χ1n) is 9.24. The molecular formula is C21H20N4O3S. The molecule has 0 atom stereocenters. The van der Waals surface area contributed by atoms with Crippen molar-refractivity contribution in [1.82, 2.24) is 9.80 Å². The fourth-order valence-corrected chi connectivity index (χ4v) is 5.03. The van der Waals surface area contributed by atoms with Crippen molar-refractivity contribution in [1.29, 1.82) is 10.5 Å². The highest BCUT2D eigenvalue weighted by Gasteiger charge is 2.29. The van der Waals surface area contributed by atoms with E-state index in [9.17, 15) is 19.2 Å². The molecule has 2 aliphatic rings. The Morgan fingerprint density at radius 2 is 1.72 bits per heavy atom. The van der Waals surface area contributed by atoms with Crippen molar-refractivity contribution in [2.24, 2.45) is 0 Å². The van der Waals surface area contributed by atoms with Gasteiger partial charge in [0.1, 0.15) is 0 Å². The summed E-state index contributed by atoms with van der Waals surface area (Å²) in [6.07, 6.45) is 2.17. The van der Waals surface area contributed by atoms with Gasteiger partial charge in [0, 0.05) is 18.7 Å². The van der Waals surface area contributed by atoms with Gasteiger partial charge >= 0.3 is 0 Å². The van der Waals surface area contributed by atoms with Crippen molar-refractivity contribution < 1.29 is 13.9 Å². The molecule has 1 amide bonds. The third-order valence-electron chi connectivity index (χ3n) is 5.43. The predicted octanol–water partition coefficient (Wildman–Crippen LogP) is 3.23. The van der Waals surface area contributed by atoms with Crippen LogP contribution in [-0.4, -0.2) is 49.4 Å². The first-order valence-corrected chi connectivity index (χ1v) is 11.1. The van der Waals surface area contributed by atoms with E-state index in [0.29, 0.717) is 37.3 Å². The van der Waals surface area contributed by atoms with Crippen LogP contribution in [0.2, 0.25) is 0 Å². The summed E-state index contributed by atoms with van der Waals surface area (Å²) in [4.78, 5) is 16.4. The third kappa shape index (κ3) is 3.79. The van der Waals surface area contributed by atoms with Crippen molar-refractivity contribution in [2.45, 2.75) is 13.1 Å². The first-order chi connectivity index (χ1) is 13.9. The van der Waals surface area contributed by atoms with E-state index >= 15 is 0 Å². The van der Waals surface area contributed by atoms with E-state index in [2.05, 4.69) is 12.3 Å². The third-order valence-corrected chi connectivity index (χ3v) is 7.10. The molecule has 0 spiro atoms. The molecule has 2 aromatic carbocycles. The normalized spacial score (nSPS) is 18.5. The zero-order chi connectivity index (χ0) is 20.6. The smallest absolute Gasteiger partial charge is 0.253 e. The van der Waals surface area contributed by atoms with Gasteiger partial charge in [0.05, 0.1) is 36.2 Å². The van der Waals surface area contributed by atoms with Crippen molar-refractivity contribution in [3.8, 4) is 23.4 Å². The van der Waals surface area contributed by atoms with Crippen LogP contribution in [0, 0.1) is 22.8 Å². The van der Waals surface area contributed by atoms with Crippen LogP contribution < -0.4 is 0 Å². The largest absolute Gasteiger partial charge is 0.336 e. The van der Waals surface area contributed by atoms with Crippen LogP contribution in [0.5, 0.6) is 0 Å². The van der Waals surface area contributed by atoms with E-state index < -0.39 is 10.6 Å². The lowest BCUT2D eigenvalue weighted by molar-refractivity contribution is 0.0768. The molecule has 0 unspecified atom stereocenters. The van der Waals surface area contributed by atoms with Gasteiger partial charge in [0.2, 0.25) is 0 Å². The maximum Gasteiger partial charge on any atom is 0.253 e. The maximum absolute atomic E-state index is 13.1. The molecule has 0 aliphatic carbocycles. The van der Waals surface area contributed by atoms with E-state index in [0.717, 1.165) is 22.3 Å². The number of hydrogen-bond donors (Lipinski definition) is 2. The summed E-state index contributed by atoms with van der Waals surface area (Å²) in [5, 5.41) is 18.4. The fraction of sp³-hybridized carbons (Fsp3) is 0.286. The lowest BCUT2D eigenvalue weighted by Crippen LogP contribution is -2.42. The van der Waals surface area contributed by atoms with Crippen LogP contribution in [0.15, 0.2) is 36.4 Å². The first kappa shape index (κ1) is 19.3. The highest BCUT2D eigenvalue weighted by atomic mass is 32.3. The number of nitriles is 2. The second-order valence-corrected chi connectivity index (χ2v) is 9.73. The molecule has 0 bridgehead atoms. The quantitative estimate of drug-likeness (QED) is 0.738. The molecule has 4 rings (SSSR count).